The fraction of sp³-hybridized carbons (Fsp3) is 0.172. The number of pyridine rings is 1. The van der Waals surface area contributed by atoms with E-state index in [-0.39, 0.29) is 6.79 Å². The standard InChI is InChI=1S/C29H26N2O5/c1-19-9-10-21(11-26(19)34-16-20-7-5-4-6-8-20)24-13-28(36-18-32-2)22-12-23(29-15-30-17-35-29)27(33-3)14-25(22)31-24/h4-15,17H,16,18H2,1-3H3. The first kappa shape index (κ1) is 23.4. The van der Waals surface area contributed by atoms with Gasteiger partial charge in [-0.15, -0.1) is 0 Å². The molecular weight excluding hydrogens is 456 g/mol. The topological polar surface area (TPSA) is 75.8 Å². The molecule has 5 aromatic rings. The average Bonchev–Trinajstić information content (AvgIpc) is 3.46. The Balaban J connectivity index is 1.57. The first-order valence-corrected chi connectivity index (χ1v) is 11.5. The van der Waals surface area contributed by atoms with Crippen LogP contribution in [0.5, 0.6) is 17.2 Å². The van der Waals surface area contributed by atoms with Crippen molar-refractivity contribution >= 4 is 10.9 Å². The van der Waals surface area contributed by atoms with Gasteiger partial charge in [0.2, 0.25) is 0 Å². The second kappa shape index (κ2) is 10.5. The largest absolute Gasteiger partial charge is 0.496 e. The van der Waals surface area contributed by atoms with E-state index in [1.165, 1.54) is 6.39 Å². The lowest BCUT2D eigenvalue weighted by Crippen LogP contribution is -2.01. The number of hydrogen-bond acceptors (Lipinski definition) is 7. The van der Waals surface area contributed by atoms with E-state index in [1.807, 2.05) is 73.7 Å². The van der Waals surface area contributed by atoms with E-state index in [4.69, 9.17) is 28.3 Å². The van der Waals surface area contributed by atoms with Crippen LogP contribution in [0.1, 0.15) is 11.1 Å². The van der Waals surface area contributed by atoms with E-state index in [0.717, 1.165) is 39.1 Å². The molecule has 3 aromatic carbocycles. The Bertz CT molecular complexity index is 1470. The fourth-order valence-corrected chi connectivity index (χ4v) is 3.97. The van der Waals surface area contributed by atoms with Crippen LogP contribution in [0.15, 0.2) is 83.7 Å². The van der Waals surface area contributed by atoms with Gasteiger partial charge < -0.3 is 23.4 Å². The maximum Gasteiger partial charge on any atom is 0.188 e. The van der Waals surface area contributed by atoms with Crippen LogP contribution in [0, 0.1) is 6.92 Å². The second-order valence-corrected chi connectivity index (χ2v) is 8.25. The minimum atomic E-state index is 0.0988. The lowest BCUT2D eigenvalue weighted by Gasteiger charge is -2.15. The van der Waals surface area contributed by atoms with E-state index < -0.39 is 0 Å². The van der Waals surface area contributed by atoms with Gasteiger partial charge in [0, 0.05) is 30.2 Å². The van der Waals surface area contributed by atoms with E-state index in [1.54, 1.807) is 20.4 Å². The monoisotopic (exact) mass is 482 g/mol. The van der Waals surface area contributed by atoms with Crippen molar-refractivity contribution in [1.29, 1.82) is 0 Å². The first-order valence-electron chi connectivity index (χ1n) is 11.5. The molecule has 0 saturated carbocycles. The second-order valence-electron chi connectivity index (χ2n) is 8.25. The summed E-state index contributed by atoms with van der Waals surface area (Å²) in [5, 5.41) is 0.802. The summed E-state index contributed by atoms with van der Waals surface area (Å²) in [4.78, 5) is 8.96. The number of oxazole rings is 1. The molecule has 0 spiro atoms. The zero-order chi connectivity index (χ0) is 24.9. The Morgan fingerprint density at radius 1 is 0.861 bits per heavy atom. The number of benzene rings is 3. The molecule has 7 heteroatoms. The maximum atomic E-state index is 6.15. The Hall–Kier alpha value is -4.36. The minimum Gasteiger partial charge on any atom is -0.496 e. The van der Waals surface area contributed by atoms with Crippen molar-refractivity contribution in [2.24, 2.45) is 0 Å². The molecule has 0 bridgehead atoms. The van der Waals surface area contributed by atoms with Crippen LogP contribution in [-0.4, -0.2) is 31.0 Å². The van der Waals surface area contributed by atoms with E-state index in [2.05, 4.69) is 4.98 Å². The Morgan fingerprint density at radius 3 is 2.47 bits per heavy atom. The average molecular weight is 483 g/mol. The van der Waals surface area contributed by atoms with Crippen molar-refractivity contribution in [3.8, 4) is 39.8 Å². The van der Waals surface area contributed by atoms with Crippen LogP contribution in [0.2, 0.25) is 0 Å². The molecule has 0 saturated heterocycles. The molecule has 2 aromatic heterocycles. The molecule has 0 fully saturated rings. The van der Waals surface area contributed by atoms with Crippen molar-refractivity contribution in [3.05, 3.63) is 90.4 Å². The molecule has 2 heterocycles. The highest BCUT2D eigenvalue weighted by Crippen LogP contribution is 2.39. The summed E-state index contributed by atoms with van der Waals surface area (Å²) in [7, 11) is 3.20. The van der Waals surface area contributed by atoms with Gasteiger partial charge in [-0.3, -0.25) is 0 Å². The smallest absolute Gasteiger partial charge is 0.188 e. The molecule has 0 aliphatic heterocycles. The molecular formula is C29H26N2O5. The third-order valence-electron chi connectivity index (χ3n) is 5.84. The maximum absolute atomic E-state index is 6.15. The summed E-state index contributed by atoms with van der Waals surface area (Å²) >= 11 is 0. The first-order chi connectivity index (χ1) is 17.7. The van der Waals surface area contributed by atoms with E-state index in [0.29, 0.717) is 29.4 Å². The summed E-state index contributed by atoms with van der Waals surface area (Å²) in [6, 6.07) is 21.9. The van der Waals surface area contributed by atoms with Crippen molar-refractivity contribution < 1.29 is 23.4 Å². The summed E-state index contributed by atoms with van der Waals surface area (Å²) < 4.78 is 28.4. The third kappa shape index (κ3) is 4.87. The number of hydrogen-bond donors (Lipinski definition) is 0. The summed E-state index contributed by atoms with van der Waals surface area (Å²) in [5.41, 5.74) is 5.27. The summed E-state index contributed by atoms with van der Waals surface area (Å²) in [6.45, 7) is 2.61. The molecule has 0 radical (unpaired) electrons. The lowest BCUT2D eigenvalue weighted by molar-refractivity contribution is 0.0522. The number of rotatable bonds is 9. The highest BCUT2D eigenvalue weighted by Gasteiger charge is 2.17. The number of fused-ring (bicyclic) bond motifs is 1. The minimum absolute atomic E-state index is 0.0988. The quantitative estimate of drug-likeness (QED) is 0.224. The molecule has 0 unspecified atom stereocenters. The van der Waals surface area contributed by atoms with Crippen LogP contribution in [0.25, 0.3) is 33.5 Å². The highest BCUT2D eigenvalue weighted by atomic mass is 16.7. The highest BCUT2D eigenvalue weighted by molar-refractivity contribution is 5.93. The van der Waals surface area contributed by atoms with Gasteiger partial charge in [-0.05, 0) is 30.2 Å². The van der Waals surface area contributed by atoms with Crippen molar-refractivity contribution in [3.63, 3.8) is 0 Å². The Labute approximate surface area is 209 Å². The molecule has 182 valence electrons. The predicted molar refractivity (Wildman–Crippen MR) is 137 cm³/mol. The summed E-state index contributed by atoms with van der Waals surface area (Å²) in [5.74, 6) is 2.65. The van der Waals surface area contributed by atoms with Crippen LogP contribution < -0.4 is 14.2 Å². The number of methoxy groups -OCH3 is 2. The Kier molecular flexibility index (Phi) is 6.82. The van der Waals surface area contributed by atoms with E-state index >= 15 is 0 Å². The molecule has 0 amide bonds. The number of ether oxygens (including phenoxy) is 4. The van der Waals surface area contributed by atoms with Crippen LogP contribution >= 0.6 is 0 Å². The zero-order valence-corrected chi connectivity index (χ0v) is 20.4. The van der Waals surface area contributed by atoms with Crippen molar-refractivity contribution in [2.45, 2.75) is 13.5 Å². The lowest BCUT2D eigenvalue weighted by atomic mass is 10.0. The van der Waals surface area contributed by atoms with Gasteiger partial charge in [0.05, 0.1) is 30.1 Å². The Morgan fingerprint density at radius 2 is 1.72 bits per heavy atom. The fourth-order valence-electron chi connectivity index (χ4n) is 3.97. The molecule has 0 aliphatic carbocycles. The van der Waals surface area contributed by atoms with Crippen molar-refractivity contribution in [2.75, 3.05) is 21.0 Å². The van der Waals surface area contributed by atoms with E-state index in [9.17, 15) is 0 Å². The normalized spacial score (nSPS) is 11.0. The number of aromatic nitrogens is 2. The van der Waals surface area contributed by atoms with Crippen LogP contribution in [-0.2, 0) is 11.3 Å². The number of nitrogens with zero attached hydrogens (tertiary/aromatic N) is 2. The zero-order valence-electron chi connectivity index (χ0n) is 20.4. The van der Waals surface area contributed by atoms with Gasteiger partial charge in [0.15, 0.2) is 18.9 Å². The van der Waals surface area contributed by atoms with Gasteiger partial charge in [-0.25, -0.2) is 9.97 Å². The molecule has 7 nitrogen and oxygen atoms in total. The van der Waals surface area contributed by atoms with Crippen LogP contribution in [0.4, 0.5) is 0 Å². The van der Waals surface area contributed by atoms with Gasteiger partial charge >= 0.3 is 0 Å². The molecule has 5 rings (SSSR count). The van der Waals surface area contributed by atoms with Gasteiger partial charge in [-0.1, -0.05) is 42.5 Å². The van der Waals surface area contributed by atoms with Gasteiger partial charge in [-0.2, -0.15) is 0 Å². The van der Waals surface area contributed by atoms with Crippen molar-refractivity contribution in [1.82, 2.24) is 9.97 Å². The third-order valence-corrected chi connectivity index (χ3v) is 5.84. The molecule has 0 aliphatic rings. The predicted octanol–water partition coefficient (Wildman–Crippen LogP) is 6.44. The van der Waals surface area contributed by atoms with Crippen LogP contribution in [0.3, 0.4) is 0 Å². The van der Waals surface area contributed by atoms with Gasteiger partial charge in [0.25, 0.3) is 0 Å². The molecule has 0 atom stereocenters. The van der Waals surface area contributed by atoms with Gasteiger partial charge in [0.1, 0.15) is 23.9 Å². The molecule has 36 heavy (non-hydrogen) atoms. The summed E-state index contributed by atoms with van der Waals surface area (Å²) in [6.07, 6.45) is 3.03. The number of aryl methyl sites for hydroxylation is 1. The SMILES string of the molecule is COCOc1cc(-c2ccc(C)c(OCc3ccccc3)c2)nc2cc(OC)c(-c3cnco3)cc12. The molecule has 0 N–H and O–H groups in total.